The average molecular weight is 546 g/mol. The van der Waals surface area contributed by atoms with Crippen molar-refractivity contribution in [2.75, 3.05) is 5.32 Å². The molecule has 1 aromatic heterocycles. The number of carboxylic acids is 1. The van der Waals surface area contributed by atoms with E-state index in [1.54, 1.807) is 86.6 Å². The highest BCUT2D eigenvalue weighted by molar-refractivity contribution is 6.31. The van der Waals surface area contributed by atoms with Gasteiger partial charge < -0.3 is 19.1 Å². The van der Waals surface area contributed by atoms with Gasteiger partial charge in [0.05, 0.1) is 5.92 Å². The van der Waals surface area contributed by atoms with Crippen LogP contribution in [-0.2, 0) is 16.1 Å². The molecular weight excluding hydrogens is 522 g/mol. The third-order valence-corrected chi connectivity index (χ3v) is 6.37. The van der Waals surface area contributed by atoms with Crippen molar-refractivity contribution < 1.29 is 28.7 Å². The number of aromatic nitrogens is 1. The van der Waals surface area contributed by atoms with Crippen molar-refractivity contribution in [2.24, 2.45) is 0 Å². The number of hydrogen-bond acceptors (Lipinski definition) is 7. The summed E-state index contributed by atoms with van der Waals surface area (Å²) in [7, 11) is 0. The summed E-state index contributed by atoms with van der Waals surface area (Å²) in [6.07, 6.45) is -1.45. The van der Waals surface area contributed by atoms with E-state index in [1.165, 1.54) is 0 Å². The highest BCUT2D eigenvalue weighted by atomic mass is 35.5. The molecule has 4 aromatic rings. The average Bonchev–Trinajstić information content (AvgIpc) is 3.34. The van der Waals surface area contributed by atoms with Crippen molar-refractivity contribution in [2.45, 2.75) is 32.5 Å². The highest BCUT2D eigenvalue weighted by Gasteiger charge is 2.23. The van der Waals surface area contributed by atoms with E-state index in [2.05, 4.69) is 10.5 Å². The van der Waals surface area contributed by atoms with Crippen LogP contribution in [0.3, 0.4) is 0 Å². The van der Waals surface area contributed by atoms with Gasteiger partial charge in [-0.2, -0.15) is 5.26 Å². The number of amides is 1. The van der Waals surface area contributed by atoms with Crippen LogP contribution in [-0.4, -0.2) is 22.3 Å². The summed E-state index contributed by atoms with van der Waals surface area (Å²) < 4.78 is 16.5. The van der Waals surface area contributed by atoms with E-state index < -0.39 is 24.1 Å². The predicted molar refractivity (Wildman–Crippen MR) is 143 cm³/mol. The summed E-state index contributed by atoms with van der Waals surface area (Å²) >= 11 is 6.19. The van der Waals surface area contributed by atoms with Gasteiger partial charge in [-0.15, -0.1) is 0 Å². The van der Waals surface area contributed by atoms with Crippen LogP contribution in [0.1, 0.15) is 48.3 Å². The molecule has 4 rings (SSSR count). The van der Waals surface area contributed by atoms with E-state index in [0.717, 1.165) is 5.56 Å². The first kappa shape index (κ1) is 27.2. The Morgan fingerprint density at radius 2 is 1.72 bits per heavy atom. The lowest BCUT2D eigenvalue weighted by molar-refractivity contribution is -0.138. The smallest absolute Gasteiger partial charge is 0.412 e. The number of nitrogens with zero attached hydrogens (tertiary/aromatic N) is 2. The molecule has 3 aromatic carbocycles. The fraction of sp³-hybridized carbons (Fsp3) is 0.172. The number of ether oxygens (including phenoxy) is 2. The maximum absolute atomic E-state index is 12.6. The lowest BCUT2D eigenvalue weighted by Crippen LogP contribution is -2.17. The van der Waals surface area contributed by atoms with Crippen molar-refractivity contribution in [3.63, 3.8) is 0 Å². The number of carboxylic acid groups (broad SMARTS) is 1. The summed E-state index contributed by atoms with van der Waals surface area (Å²) in [6, 6.07) is 23.0. The molecule has 198 valence electrons. The number of halogens is 1. The molecule has 0 saturated heterocycles. The summed E-state index contributed by atoms with van der Waals surface area (Å²) in [6.45, 7) is 3.48. The molecular formula is C29H24ClN3O6. The van der Waals surface area contributed by atoms with Crippen LogP contribution in [0.5, 0.6) is 5.75 Å². The van der Waals surface area contributed by atoms with Crippen LogP contribution in [0, 0.1) is 11.3 Å². The van der Waals surface area contributed by atoms with Gasteiger partial charge >= 0.3 is 12.1 Å². The number of anilines is 1. The number of carbonyl (C=O) groups excluding carboxylic acids is 1. The molecule has 2 N–H and O–H groups in total. The van der Waals surface area contributed by atoms with Gasteiger partial charge in [0, 0.05) is 21.7 Å². The van der Waals surface area contributed by atoms with Crippen molar-refractivity contribution in [1.82, 2.24) is 5.16 Å². The first-order valence-electron chi connectivity index (χ1n) is 11.9. The van der Waals surface area contributed by atoms with Crippen LogP contribution in [0.4, 0.5) is 10.5 Å². The molecule has 1 amide bonds. The molecule has 0 aliphatic rings. The molecule has 0 spiro atoms. The molecule has 2 unspecified atom stereocenters. The van der Waals surface area contributed by atoms with Crippen LogP contribution >= 0.6 is 11.6 Å². The Kier molecular flexibility index (Phi) is 8.49. The van der Waals surface area contributed by atoms with Crippen LogP contribution < -0.4 is 10.1 Å². The number of rotatable bonds is 9. The Bertz CT molecular complexity index is 1530. The van der Waals surface area contributed by atoms with Gasteiger partial charge in [-0.05, 0) is 31.5 Å². The molecule has 0 bridgehead atoms. The van der Waals surface area contributed by atoms with Gasteiger partial charge in [0.15, 0.2) is 0 Å². The van der Waals surface area contributed by atoms with Gasteiger partial charge in [0.2, 0.25) is 0 Å². The number of para-hydroxylation sites is 1. The van der Waals surface area contributed by atoms with Gasteiger partial charge in [0.25, 0.3) is 5.76 Å². The third-order valence-electron chi connectivity index (χ3n) is 6.03. The van der Waals surface area contributed by atoms with Crippen LogP contribution in [0.25, 0.3) is 11.3 Å². The van der Waals surface area contributed by atoms with Crippen molar-refractivity contribution in [3.05, 3.63) is 100 Å². The van der Waals surface area contributed by atoms with Crippen LogP contribution in [0.15, 0.2) is 77.3 Å². The van der Waals surface area contributed by atoms with Crippen molar-refractivity contribution >= 4 is 29.4 Å². The van der Waals surface area contributed by atoms with Crippen molar-refractivity contribution in [3.8, 4) is 23.1 Å². The quantitative estimate of drug-likeness (QED) is 0.231. The number of carbonyl (C=O) groups is 2. The first-order chi connectivity index (χ1) is 18.8. The van der Waals surface area contributed by atoms with E-state index in [1.807, 2.05) is 6.07 Å². The molecule has 0 aliphatic heterocycles. The zero-order valence-corrected chi connectivity index (χ0v) is 21.8. The molecule has 0 saturated carbocycles. The lowest BCUT2D eigenvalue weighted by atomic mass is 10.0. The standard InChI is InChI=1S/C29H24ClN3O6/c1-17(28(34)35)21-7-4-6-10-24(21)37-16-19-11-13-20(14-12-19)26-27(25(15-31)39-33-26)32-29(36)38-18(2)22-8-3-5-9-23(22)30/h3-14,17-18H,16H2,1-2H3,(H,32,36)(H,34,35). The van der Waals surface area contributed by atoms with Crippen LogP contribution in [0.2, 0.25) is 5.02 Å². The Balaban J connectivity index is 1.47. The first-order valence-corrected chi connectivity index (χ1v) is 12.3. The minimum absolute atomic E-state index is 0.0782. The fourth-order valence-electron chi connectivity index (χ4n) is 3.86. The van der Waals surface area contributed by atoms with E-state index in [0.29, 0.717) is 27.5 Å². The summed E-state index contributed by atoms with van der Waals surface area (Å²) in [4.78, 5) is 24.1. The second kappa shape index (κ2) is 12.2. The predicted octanol–water partition coefficient (Wildman–Crippen LogP) is 6.94. The van der Waals surface area contributed by atoms with Gasteiger partial charge in [0.1, 0.15) is 35.9 Å². The summed E-state index contributed by atoms with van der Waals surface area (Å²) in [5.74, 6) is -1.34. The summed E-state index contributed by atoms with van der Waals surface area (Å²) in [5.41, 5.74) is 2.94. The number of nitrogens with one attached hydrogen (secondary N) is 1. The topological polar surface area (TPSA) is 135 Å². The van der Waals surface area contributed by atoms with E-state index >= 15 is 0 Å². The second-order valence-corrected chi connectivity index (χ2v) is 9.03. The lowest BCUT2D eigenvalue weighted by Gasteiger charge is -2.15. The monoisotopic (exact) mass is 545 g/mol. The molecule has 0 fully saturated rings. The Morgan fingerprint density at radius 1 is 1.05 bits per heavy atom. The molecule has 2 atom stereocenters. The molecule has 9 nitrogen and oxygen atoms in total. The maximum Gasteiger partial charge on any atom is 0.412 e. The van der Waals surface area contributed by atoms with E-state index in [-0.39, 0.29) is 23.7 Å². The van der Waals surface area contributed by atoms with Gasteiger partial charge in [-0.1, -0.05) is 77.4 Å². The minimum Gasteiger partial charge on any atom is -0.489 e. The van der Waals surface area contributed by atoms with Gasteiger partial charge in [-0.25, -0.2) is 4.79 Å². The normalized spacial score (nSPS) is 12.2. The SMILES string of the molecule is CC(OC(=O)Nc1c(-c2ccc(COc3ccccc3C(C)C(=O)O)cc2)noc1C#N)c1ccccc1Cl. The molecule has 0 radical (unpaired) electrons. The summed E-state index contributed by atoms with van der Waals surface area (Å²) in [5, 5.41) is 25.8. The van der Waals surface area contributed by atoms with E-state index in [9.17, 15) is 20.0 Å². The van der Waals surface area contributed by atoms with Crippen molar-refractivity contribution in [1.29, 1.82) is 5.26 Å². The number of nitriles is 1. The zero-order valence-electron chi connectivity index (χ0n) is 21.1. The fourth-order valence-corrected chi connectivity index (χ4v) is 4.15. The number of aliphatic carboxylic acids is 1. The minimum atomic E-state index is -0.939. The molecule has 39 heavy (non-hydrogen) atoms. The number of benzene rings is 3. The highest BCUT2D eigenvalue weighted by Crippen LogP contribution is 2.32. The molecule has 0 aliphatic carbocycles. The maximum atomic E-state index is 12.6. The Labute approximate surface area is 229 Å². The van der Waals surface area contributed by atoms with E-state index in [4.69, 9.17) is 25.6 Å². The van der Waals surface area contributed by atoms with Gasteiger partial charge in [-0.3, -0.25) is 10.1 Å². The largest absolute Gasteiger partial charge is 0.489 e. The third kappa shape index (κ3) is 6.37. The molecule has 10 heteroatoms. The number of hydrogen-bond donors (Lipinski definition) is 2. The Hall–Kier alpha value is -4.81. The zero-order chi connectivity index (χ0) is 27.9. The molecule has 1 heterocycles. The second-order valence-electron chi connectivity index (χ2n) is 8.62. The Morgan fingerprint density at radius 3 is 2.38 bits per heavy atom.